The Morgan fingerprint density at radius 1 is 1.22 bits per heavy atom. The van der Waals surface area contributed by atoms with E-state index in [2.05, 4.69) is 32.2 Å². The van der Waals surface area contributed by atoms with Crippen LogP contribution in [0.1, 0.15) is 43.4 Å². The molecule has 0 radical (unpaired) electrons. The summed E-state index contributed by atoms with van der Waals surface area (Å²) in [5.74, 6) is 1.35. The molecule has 1 aromatic carbocycles. The molecule has 9 nitrogen and oxygen atoms in total. The van der Waals surface area contributed by atoms with Gasteiger partial charge in [0.15, 0.2) is 0 Å². The highest BCUT2D eigenvalue weighted by Gasteiger charge is 2.37. The average Bonchev–Trinajstić information content (AvgIpc) is 3.33. The SMILES string of the molecule is CC[C@H]1CN(C)C(=O)N1c1nc(C)nc(N[C@@H](C)c2cn(Cc3ccc(Cl)cc3)cn2)n1. The first-order valence-electron chi connectivity index (χ1n) is 10.6. The number of amides is 2. The molecule has 3 aromatic rings. The molecule has 0 aliphatic carbocycles. The van der Waals surface area contributed by atoms with Crippen molar-refractivity contribution in [2.75, 3.05) is 23.8 Å². The number of halogens is 1. The summed E-state index contributed by atoms with van der Waals surface area (Å²) in [6, 6.07) is 7.58. The Balaban J connectivity index is 1.49. The number of nitrogens with zero attached hydrogens (tertiary/aromatic N) is 7. The van der Waals surface area contributed by atoms with Gasteiger partial charge in [0.2, 0.25) is 11.9 Å². The molecule has 2 aromatic heterocycles. The van der Waals surface area contributed by atoms with E-state index in [1.807, 2.05) is 42.0 Å². The summed E-state index contributed by atoms with van der Waals surface area (Å²) < 4.78 is 2.02. The van der Waals surface area contributed by atoms with Crippen molar-refractivity contribution in [3.05, 3.63) is 58.9 Å². The highest BCUT2D eigenvalue weighted by Crippen LogP contribution is 2.24. The van der Waals surface area contributed by atoms with Gasteiger partial charge in [0.25, 0.3) is 0 Å². The van der Waals surface area contributed by atoms with Crippen molar-refractivity contribution >= 4 is 29.5 Å². The lowest BCUT2D eigenvalue weighted by Crippen LogP contribution is -2.36. The molecule has 1 saturated heterocycles. The maximum absolute atomic E-state index is 12.6. The van der Waals surface area contributed by atoms with Gasteiger partial charge in [-0.3, -0.25) is 4.90 Å². The molecule has 3 heterocycles. The number of hydrogen-bond acceptors (Lipinski definition) is 6. The Hall–Kier alpha value is -3.20. The standard InChI is InChI=1S/C22H27ClN8O/c1-5-18-11-29(4)22(32)31(18)21-27-15(3)26-20(28-21)25-14(2)19-12-30(13-24-19)10-16-6-8-17(23)9-7-16/h6-9,12-14,18H,5,10-11H2,1-4H3,(H,25,26,27,28)/t14-,18-/m0/s1. The van der Waals surface area contributed by atoms with Gasteiger partial charge in [0.05, 0.1) is 24.1 Å². The average molecular weight is 455 g/mol. The number of carbonyl (C=O) groups is 1. The van der Waals surface area contributed by atoms with Crippen molar-refractivity contribution in [1.82, 2.24) is 29.4 Å². The quantitative estimate of drug-likeness (QED) is 0.582. The minimum atomic E-state index is -0.130. The van der Waals surface area contributed by atoms with Gasteiger partial charge in [-0.25, -0.2) is 9.78 Å². The topological polar surface area (TPSA) is 92.1 Å². The minimum Gasteiger partial charge on any atom is -0.346 e. The molecule has 0 bridgehead atoms. The van der Waals surface area contributed by atoms with Crippen molar-refractivity contribution in [1.29, 1.82) is 0 Å². The zero-order chi connectivity index (χ0) is 22.8. The van der Waals surface area contributed by atoms with Crippen LogP contribution >= 0.6 is 11.6 Å². The molecule has 2 atom stereocenters. The summed E-state index contributed by atoms with van der Waals surface area (Å²) >= 11 is 5.96. The molecule has 2 amide bonds. The summed E-state index contributed by atoms with van der Waals surface area (Å²) in [5.41, 5.74) is 2.00. The fourth-order valence-corrected chi connectivity index (χ4v) is 3.90. The predicted octanol–water partition coefficient (Wildman–Crippen LogP) is 3.90. The third kappa shape index (κ3) is 4.67. The highest BCUT2D eigenvalue weighted by molar-refractivity contribution is 6.30. The fraction of sp³-hybridized carbons (Fsp3) is 0.409. The van der Waals surface area contributed by atoms with Crippen LogP contribution in [0.3, 0.4) is 0 Å². The number of urea groups is 1. The summed E-state index contributed by atoms with van der Waals surface area (Å²) in [7, 11) is 1.79. The summed E-state index contributed by atoms with van der Waals surface area (Å²) in [6.45, 7) is 7.21. The van der Waals surface area contributed by atoms with Crippen LogP contribution < -0.4 is 10.2 Å². The van der Waals surface area contributed by atoms with Gasteiger partial charge in [0, 0.05) is 31.4 Å². The molecule has 4 rings (SSSR count). The van der Waals surface area contributed by atoms with Crippen LogP contribution in [-0.4, -0.2) is 55.1 Å². The number of nitrogens with one attached hydrogen (secondary N) is 1. The van der Waals surface area contributed by atoms with Crippen LogP contribution in [0.25, 0.3) is 0 Å². The number of benzene rings is 1. The first-order chi connectivity index (χ1) is 15.3. The Labute approximate surface area is 192 Å². The van der Waals surface area contributed by atoms with Crippen LogP contribution in [0.15, 0.2) is 36.8 Å². The van der Waals surface area contributed by atoms with Crippen LogP contribution in [0, 0.1) is 6.92 Å². The van der Waals surface area contributed by atoms with Gasteiger partial charge in [-0.2, -0.15) is 15.0 Å². The first kappa shape index (κ1) is 22.0. The van der Waals surface area contributed by atoms with E-state index in [1.165, 1.54) is 0 Å². The number of aryl methyl sites for hydroxylation is 1. The number of rotatable bonds is 7. The van der Waals surface area contributed by atoms with E-state index >= 15 is 0 Å². The largest absolute Gasteiger partial charge is 0.346 e. The van der Waals surface area contributed by atoms with Gasteiger partial charge in [0.1, 0.15) is 5.82 Å². The normalized spacial score (nSPS) is 17.2. The van der Waals surface area contributed by atoms with E-state index < -0.39 is 0 Å². The second-order valence-electron chi connectivity index (χ2n) is 8.06. The number of aromatic nitrogens is 5. The van der Waals surface area contributed by atoms with Crippen LogP contribution in [0.4, 0.5) is 16.7 Å². The smallest absolute Gasteiger partial charge is 0.327 e. The lowest BCUT2D eigenvalue weighted by atomic mass is 10.2. The number of imidazole rings is 1. The Morgan fingerprint density at radius 3 is 2.69 bits per heavy atom. The third-order valence-corrected chi connectivity index (χ3v) is 5.78. The molecule has 32 heavy (non-hydrogen) atoms. The molecule has 1 N–H and O–H groups in total. The minimum absolute atomic E-state index is 0.0446. The van der Waals surface area contributed by atoms with Crippen molar-refractivity contribution in [2.45, 2.75) is 45.8 Å². The summed E-state index contributed by atoms with van der Waals surface area (Å²) in [4.78, 5) is 33.9. The van der Waals surface area contributed by atoms with Crippen molar-refractivity contribution in [3.63, 3.8) is 0 Å². The van der Waals surface area contributed by atoms with Gasteiger partial charge < -0.3 is 14.8 Å². The summed E-state index contributed by atoms with van der Waals surface area (Å²) in [6.07, 6.45) is 4.62. The van der Waals surface area contributed by atoms with Crippen LogP contribution in [0.5, 0.6) is 0 Å². The van der Waals surface area contributed by atoms with E-state index in [0.717, 1.165) is 22.7 Å². The van der Waals surface area contributed by atoms with Gasteiger partial charge in [-0.15, -0.1) is 0 Å². The van der Waals surface area contributed by atoms with E-state index in [9.17, 15) is 4.79 Å². The maximum Gasteiger partial charge on any atom is 0.327 e. The van der Waals surface area contributed by atoms with Crippen LogP contribution in [0.2, 0.25) is 5.02 Å². The first-order valence-corrected chi connectivity index (χ1v) is 11.0. The lowest BCUT2D eigenvalue weighted by molar-refractivity contribution is 0.229. The monoisotopic (exact) mass is 454 g/mol. The van der Waals surface area contributed by atoms with E-state index in [-0.39, 0.29) is 18.1 Å². The van der Waals surface area contributed by atoms with Crippen molar-refractivity contribution in [2.24, 2.45) is 0 Å². The van der Waals surface area contributed by atoms with Crippen molar-refractivity contribution < 1.29 is 4.79 Å². The van der Waals surface area contributed by atoms with Crippen LogP contribution in [-0.2, 0) is 6.54 Å². The van der Waals surface area contributed by atoms with Crippen molar-refractivity contribution in [3.8, 4) is 0 Å². The number of carbonyl (C=O) groups excluding carboxylic acids is 1. The Bertz CT molecular complexity index is 1100. The van der Waals surface area contributed by atoms with Gasteiger partial charge in [-0.05, 0) is 38.0 Å². The highest BCUT2D eigenvalue weighted by atomic mass is 35.5. The number of hydrogen-bond donors (Lipinski definition) is 1. The second kappa shape index (κ2) is 9.12. The molecular formula is C22H27ClN8O. The molecule has 1 aliphatic heterocycles. The Morgan fingerprint density at radius 2 is 1.97 bits per heavy atom. The van der Waals surface area contributed by atoms with E-state index in [1.54, 1.807) is 30.1 Å². The zero-order valence-electron chi connectivity index (χ0n) is 18.7. The molecule has 0 unspecified atom stereocenters. The van der Waals surface area contributed by atoms with Gasteiger partial charge >= 0.3 is 6.03 Å². The molecule has 168 valence electrons. The second-order valence-corrected chi connectivity index (χ2v) is 8.50. The molecule has 1 aliphatic rings. The lowest BCUT2D eigenvalue weighted by Gasteiger charge is -2.21. The predicted molar refractivity (Wildman–Crippen MR) is 124 cm³/mol. The number of anilines is 2. The van der Waals surface area contributed by atoms with E-state index in [0.29, 0.717) is 30.8 Å². The third-order valence-electron chi connectivity index (χ3n) is 5.53. The molecular weight excluding hydrogens is 428 g/mol. The Kier molecular flexibility index (Phi) is 6.27. The maximum atomic E-state index is 12.6. The van der Waals surface area contributed by atoms with E-state index in [4.69, 9.17) is 11.6 Å². The molecule has 0 spiro atoms. The molecule has 0 saturated carbocycles. The number of likely N-dealkylation sites (N-methyl/N-ethyl adjacent to an activating group) is 1. The zero-order valence-corrected chi connectivity index (χ0v) is 19.4. The van der Waals surface area contributed by atoms with Gasteiger partial charge in [-0.1, -0.05) is 30.7 Å². The molecule has 1 fully saturated rings. The summed E-state index contributed by atoms with van der Waals surface area (Å²) in [5, 5.41) is 4.02. The molecule has 10 heteroatoms. The fourth-order valence-electron chi connectivity index (χ4n) is 3.77.